The van der Waals surface area contributed by atoms with Crippen molar-refractivity contribution in [2.75, 3.05) is 25.9 Å². The van der Waals surface area contributed by atoms with Gasteiger partial charge in [0.25, 0.3) is 5.91 Å². The van der Waals surface area contributed by atoms with E-state index >= 15 is 0 Å². The minimum atomic E-state index is -0.0966. The smallest absolute Gasteiger partial charge is 0.320 e. The van der Waals surface area contributed by atoms with Gasteiger partial charge in [-0.25, -0.2) is 9.78 Å². The highest BCUT2D eigenvalue weighted by Gasteiger charge is 2.23. The van der Waals surface area contributed by atoms with Crippen molar-refractivity contribution in [1.82, 2.24) is 20.1 Å². The van der Waals surface area contributed by atoms with Gasteiger partial charge in [0.1, 0.15) is 5.82 Å². The minimum Gasteiger partial charge on any atom is -0.384 e. The van der Waals surface area contributed by atoms with Crippen LogP contribution in [-0.2, 0) is 25.9 Å². The maximum atomic E-state index is 13.0. The molecule has 1 saturated heterocycles. The van der Waals surface area contributed by atoms with Crippen molar-refractivity contribution >= 4 is 17.8 Å². The number of nitrogens with one attached hydrogen (secondary N) is 1. The molecule has 36 heavy (non-hydrogen) atoms. The number of aryl methyl sites for hydroxylation is 2. The summed E-state index contributed by atoms with van der Waals surface area (Å²) in [5.74, 6) is 0.397. The quantitative estimate of drug-likeness (QED) is 0.449. The molecular formula is C29H33N5O2. The Balaban J connectivity index is 1.29. The lowest BCUT2D eigenvalue weighted by atomic mass is 9.84. The van der Waals surface area contributed by atoms with E-state index in [0.717, 1.165) is 54.7 Å². The van der Waals surface area contributed by atoms with E-state index in [2.05, 4.69) is 34.6 Å². The van der Waals surface area contributed by atoms with Gasteiger partial charge in [0.2, 0.25) is 0 Å². The molecule has 7 heteroatoms. The Labute approximate surface area is 212 Å². The van der Waals surface area contributed by atoms with E-state index in [1.165, 1.54) is 22.3 Å². The highest BCUT2D eigenvalue weighted by molar-refractivity contribution is 5.94. The standard InChI is InChI=1S/C29H33N5O2/c1-18-11-27(30)32-19(2)26(18)16-31-28(35)23-8-7-22-13-21-6-5-20(12-24(21)15-25(22)14-23)17-34-10-4-9-33(3)29(34)36/h5-8,11-12,14H,4,9-10,13,15-17H2,1-3H3,(H2,30,32)(H,31,35). The Morgan fingerprint density at radius 3 is 2.50 bits per heavy atom. The van der Waals surface area contributed by atoms with Crippen LogP contribution in [0.5, 0.6) is 0 Å². The summed E-state index contributed by atoms with van der Waals surface area (Å²) in [5, 5.41) is 3.04. The maximum absolute atomic E-state index is 13.0. The molecule has 3 aromatic rings. The largest absolute Gasteiger partial charge is 0.384 e. The number of anilines is 1. The molecule has 0 unspecified atom stereocenters. The van der Waals surface area contributed by atoms with Gasteiger partial charge in [0, 0.05) is 44.5 Å². The third-order valence-corrected chi connectivity index (χ3v) is 7.39. The number of hydrogen-bond donors (Lipinski definition) is 2. The number of urea groups is 1. The first kappa shape index (κ1) is 23.9. The number of amides is 3. The first-order valence-corrected chi connectivity index (χ1v) is 12.5. The van der Waals surface area contributed by atoms with Crippen LogP contribution in [-0.4, -0.2) is 46.9 Å². The third-order valence-electron chi connectivity index (χ3n) is 7.39. The third kappa shape index (κ3) is 4.78. The van der Waals surface area contributed by atoms with Crippen molar-refractivity contribution in [3.63, 3.8) is 0 Å². The summed E-state index contributed by atoms with van der Waals surface area (Å²) >= 11 is 0. The van der Waals surface area contributed by atoms with Crippen LogP contribution in [0.25, 0.3) is 0 Å². The molecule has 7 nitrogen and oxygen atoms in total. The number of fused-ring (bicyclic) bond motifs is 2. The lowest BCUT2D eigenvalue weighted by Crippen LogP contribution is -2.46. The van der Waals surface area contributed by atoms with Crippen molar-refractivity contribution in [2.24, 2.45) is 0 Å². The monoisotopic (exact) mass is 483 g/mol. The fourth-order valence-electron chi connectivity index (χ4n) is 5.35. The Bertz CT molecular complexity index is 1330. The van der Waals surface area contributed by atoms with Gasteiger partial charge in [-0.05, 0) is 90.3 Å². The number of pyridine rings is 1. The molecule has 186 valence electrons. The summed E-state index contributed by atoms with van der Waals surface area (Å²) < 4.78 is 0. The molecule has 2 heterocycles. The lowest BCUT2D eigenvalue weighted by molar-refractivity contribution is 0.0950. The van der Waals surface area contributed by atoms with Gasteiger partial charge in [0.15, 0.2) is 0 Å². The summed E-state index contributed by atoms with van der Waals surface area (Å²) in [6.07, 6.45) is 2.64. The van der Waals surface area contributed by atoms with Crippen LogP contribution in [0.1, 0.15) is 61.4 Å². The van der Waals surface area contributed by atoms with Crippen LogP contribution in [0.3, 0.4) is 0 Å². The van der Waals surface area contributed by atoms with E-state index in [9.17, 15) is 9.59 Å². The van der Waals surface area contributed by atoms with Crippen LogP contribution in [0.4, 0.5) is 10.6 Å². The van der Waals surface area contributed by atoms with Gasteiger partial charge in [-0.2, -0.15) is 0 Å². The van der Waals surface area contributed by atoms with E-state index in [0.29, 0.717) is 24.5 Å². The van der Waals surface area contributed by atoms with E-state index in [-0.39, 0.29) is 11.9 Å². The first-order chi connectivity index (χ1) is 17.3. The molecule has 0 saturated carbocycles. The van der Waals surface area contributed by atoms with Crippen molar-refractivity contribution < 1.29 is 9.59 Å². The van der Waals surface area contributed by atoms with Crippen molar-refractivity contribution in [2.45, 2.75) is 46.2 Å². The van der Waals surface area contributed by atoms with Crippen LogP contribution in [0.2, 0.25) is 0 Å². The van der Waals surface area contributed by atoms with Crippen molar-refractivity contribution in [3.8, 4) is 0 Å². The zero-order chi connectivity index (χ0) is 25.4. The Morgan fingerprint density at radius 2 is 1.72 bits per heavy atom. The average molecular weight is 484 g/mol. The zero-order valence-electron chi connectivity index (χ0n) is 21.2. The number of carbonyl (C=O) groups excluding carboxylic acids is 2. The van der Waals surface area contributed by atoms with Gasteiger partial charge in [-0.1, -0.05) is 24.3 Å². The summed E-state index contributed by atoms with van der Waals surface area (Å²) in [6, 6.07) is 14.5. The van der Waals surface area contributed by atoms with E-state index < -0.39 is 0 Å². The number of rotatable bonds is 5. The highest BCUT2D eigenvalue weighted by Crippen LogP contribution is 2.29. The van der Waals surface area contributed by atoms with Gasteiger partial charge in [-0.3, -0.25) is 4.79 Å². The molecule has 0 spiro atoms. The molecule has 2 aromatic carbocycles. The Morgan fingerprint density at radius 1 is 1.00 bits per heavy atom. The molecule has 0 radical (unpaired) electrons. The molecular weight excluding hydrogens is 450 g/mol. The fourth-order valence-corrected chi connectivity index (χ4v) is 5.35. The molecule has 0 atom stereocenters. The highest BCUT2D eigenvalue weighted by atomic mass is 16.2. The molecule has 2 aliphatic rings. The second-order valence-corrected chi connectivity index (χ2v) is 10.0. The second kappa shape index (κ2) is 9.64. The van der Waals surface area contributed by atoms with Crippen LogP contribution < -0.4 is 11.1 Å². The number of carbonyl (C=O) groups is 2. The van der Waals surface area contributed by atoms with Crippen molar-refractivity contribution in [3.05, 3.63) is 92.7 Å². The van der Waals surface area contributed by atoms with Crippen LogP contribution >= 0.6 is 0 Å². The van der Waals surface area contributed by atoms with Gasteiger partial charge in [-0.15, -0.1) is 0 Å². The van der Waals surface area contributed by atoms with Crippen LogP contribution in [0, 0.1) is 13.8 Å². The summed E-state index contributed by atoms with van der Waals surface area (Å²) in [6.45, 7) is 6.56. The Kier molecular flexibility index (Phi) is 6.39. The van der Waals surface area contributed by atoms with Gasteiger partial charge in [0.05, 0.1) is 0 Å². The molecule has 1 fully saturated rings. The zero-order valence-corrected chi connectivity index (χ0v) is 21.2. The fraction of sp³-hybridized carbons (Fsp3) is 0.345. The molecule has 1 aliphatic carbocycles. The average Bonchev–Trinajstić information content (AvgIpc) is 2.84. The van der Waals surface area contributed by atoms with Gasteiger partial charge >= 0.3 is 6.03 Å². The van der Waals surface area contributed by atoms with E-state index in [1.54, 1.807) is 4.90 Å². The topological polar surface area (TPSA) is 91.6 Å². The van der Waals surface area contributed by atoms with Crippen molar-refractivity contribution in [1.29, 1.82) is 0 Å². The number of nitrogen functional groups attached to an aromatic ring is 1. The molecule has 3 amide bonds. The number of nitrogens with two attached hydrogens (primary N) is 1. The van der Waals surface area contributed by atoms with E-state index in [4.69, 9.17) is 5.73 Å². The molecule has 1 aliphatic heterocycles. The lowest BCUT2D eigenvalue weighted by Gasteiger charge is -2.33. The summed E-state index contributed by atoms with van der Waals surface area (Å²) in [5.41, 5.74) is 15.5. The summed E-state index contributed by atoms with van der Waals surface area (Å²) in [7, 11) is 1.86. The number of nitrogens with zero attached hydrogens (tertiary/aromatic N) is 3. The maximum Gasteiger partial charge on any atom is 0.320 e. The molecule has 0 bridgehead atoms. The second-order valence-electron chi connectivity index (χ2n) is 10.0. The predicted molar refractivity (Wildman–Crippen MR) is 141 cm³/mol. The molecule has 3 N–H and O–H groups in total. The predicted octanol–water partition coefficient (Wildman–Crippen LogP) is 3.96. The minimum absolute atomic E-state index is 0.0966. The van der Waals surface area contributed by atoms with E-state index in [1.807, 2.05) is 44.0 Å². The van der Waals surface area contributed by atoms with Crippen LogP contribution in [0.15, 0.2) is 42.5 Å². The number of aromatic nitrogens is 1. The SMILES string of the molecule is Cc1cc(N)nc(C)c1CNC(=O)c1ccc2c(c1)Cc1cc(CN3CCCN(C)C3=O)ccc1C2. The molecule has 1 aromatic heterocycles. The normalized spacial score (nSPS) is 14.9. The number of benzene rings is 2. The van der Waals surface area contributed by atoms with Gasteiger partial charge < -0.3 is 20.9 Å². The first-order valence-electron chi connectivity index (χ1n) is 12.5. The number of hydrogen-bond acceptors (Lipinski definition) is 4. The summed E-state index contributed by atoms with van der Waals surface area (Å²) in [4.78, 5) is 33.5. The Hall–Kier alpha value is -3.87. The molecule has 5 rings (SSSR count).